The van der Waals surface area contributed by atoms with Gasteiger partial charge in [-0.2, -0.15) is 10.4 Å². The molecule has 2 aromatic heterocycles. The zero-order valence-electron chi connectivity index (χ0n) is 9.06. The van der Waals surface area contributed by atoms with E-state index in [0.717, 1.165) is 11.3 Å². The first kappa shape index (κ1) is 12.9. The molecule has 0 spiro atoms. The molecule has 0 bridgehead atoms. The van der Waals surface area contributed by atoms with E-state index in [2.05, 4.69) is 14.9 Å². The molecule has 0 saturated carbocycles. The van der Waals surface area contributed by atoms with E-state index in [0.29, 0.717) is 9.90 Å². The number of thiophene rings is 1. The Labute approximate surface area is 112 Å². The van der Waals surface area contributed by atoms with E-state index in [4.69, 9.17) is 16.9 Å². The Hall–Kier alpha value is -1.56. The molecule has 9 heteroatoms. The Balaban J connectivity index is 2.36. The van der Waals surface area contributed by atoms with Gasteiger partial charge in [-0.15, -0.1) is 11.3 Å². The number of nitrogens with one attached hydrogen (secondary N) is 2. The first-order valence-corrected chi connectivity index (χ1v) is 7.34. The van der Waals surface area contributed by atoms with Gasteiger partial charge in [0.05, 0.1) is 10.5 Å². The second-order valence-corrected chi connectivity index (χ2v) is 6.96. The van der Waals surface area contributed by atoms with Crippen LogP contribution in [-0.2, 0) is 10.0 Å². The topological polar surface area (TPSA) is 98.6 Å². The summed E-state index contributed by atoms with van der Waals surface area (Å²) in [6, 6.07) is 3.29. The summed E-state index contributed by atoms with van der Waals surface area (Å²) in [7, 11) is -3.76. The van der Waals surface area contributed by atoms with Crippen molar-refractivity contribution in [1.29, 1.82) is 5.26 Å². The normalized spacial score (nSPS) is 11.2. The van der Waals surface area contributed by atoms with Crippen LogP contribution in [-0.4, -0.2) is 18.6 Å². The highest BCUT2D eigenvalue weighted by atomic mass is 35.5. The number of hydrogen-bond acceptors (Lipinski definition) is 5. The van der Waals surface area contributed by atoms with Crippen molar-refractivity contribution >= 4 is 38.8 Å². The predicted octanol–water partition coefficient (Wildman–Crippen LogP) is 2.11. The number of aromatic amines is 1. The molecule has 0 radical (unpaired) electrons. The van der Waals surface area contributed by atoms with Gasteiger partial charge in [0.2, 0.25) is 0 Å². The maximum atomic E-state index is 12.0. The zero-order chi connectivity index (χ0) is 13.3. The summed E-state index contributed by atoms with van der Waals surface area (Å²) in [6.07, 6.45) is 1.24. The number of rotatable bonds is 3. The number of anilines is 1. The van der Waals surface area contributed by atoms with Crippen LogP contribution in [0, 0.1) is 18.3 Å². The maximum Gasteiger partial charge on any atom is 0.272 e. The van der Waals surface area contributed by atoms with E-state index >= 15 is 0 Å². The summed E-state index contributed by atoms with van der Waals surface area (Å²) < 4.78 is 26.8. The van der Waals surface area contributed by atoms with Crippen LogP contribution in [0.5, 0.6) is 0 Å². The summed E-state index contributed by atoms with van der Waals surface area (Å²) in [6.45, 7) is 1.72. The van der Waals surface area contributed by atoms with E-state index in [-0.39, 0.29) is 15.6 Å². The van der Waals surface area contributed by atoms with Gasteiger partial charge in [-0.3, -0.25) is 9.82 Å². The smallest absolute Gasteiger partial charge is 0.262 e. The fourth-order valence-electron chi connectivity index (χ4n) is 1.20. The van der Waals surface area contributed by atoms with Gasteiger partial charge < -0.3 is 0 Å². The van der Waals surface area contributed by atoms with Crippen LogP contribution in [0.3, 0.4) is 0 Å². The summed E-state index contributed by atoms with van der Waals surface area (Å²) >= 11 is 6.78. The Kier molecular flexibility index (Phi) is 3.30. The number of nitrogens with zero attached hydrogens (tertiary/aromatic N) is 2. The zero-order valence-corrected chi connectivity index (χ0v) is 11.4. The largest absolute Gasteiger partial charge is 0.272 e. The number of aryl methyl sites for hydroxylation is 1. The Morgan fingerprint density at radius 1 is 1.61 bits per heavy atom. The molecule has 2 N–H and O–H groups in total. The predicted molar refractivity (Wildman–Crippen MR) is 68.2 cm³/mol. The minimum absolute atomic E-state index is 0.0414. The summed E-state index contributed by atoms with van der Waals surface area (Å²) in [5.74, 6) is 0.0414. The SMILES string of the molecule is Cc1cc(S(=O)(=O)Nc2[nH]ncc2C#N)sc1Cl. The van der Waals surface area contributed by atoms with Crippen molar-refractivity contribution in [3.05, 3.63) is 27.7 Å². The van der Waals surface area contributed by atoms with Crippen LogP contribution in [0.2, 0.25) is 4.34 Å². The van der Waals surface area contributed by atoms with Crippen molar-refractivity contribution in [2.75, 3.05) is 4.72 Å². The molecule has 0 aromatic carbocycles. The van der Waals surface area contributed by atoms with Crippen LogP contribution in [0.1, 0.15) is 11.1 Å². The van der Waals surface area contributed by atoms with Crippen LogP contribution in [0.25, 0.3) is 0 Å². The standard InChI is InChI=1S/C9H7ClN4O2S2/c1-5-2-7(17-8(5)10)18(15,16)14-9-6(3-11)4-12-13-9/h2,4H,1H3,(H2,12,13,14). The van der Waals surface area contributed by atoms with Gasteiger partial charge in [0.1, 0.15) is 15.8 Å². The van der Waals surface area contributed by atoms with Gasteiger partial charge in [-0.1, -0.05) is 11.6 Å². The maximum absolute atomic E-state index is 12.0. The minimum Gasteiger partial charge on any atom is -0.262 e. The molecular formula is C9H7ClN4O2S2. The molecule has 0 atom stereocenters. The van der Waals surface area contributed by atoms with Gasteiger partial charge in [-0.25, -0.2) is 8.42 Å². The Morgan fingerprint density at radius 2 is 2.33 bits per heavy atom. The van der Waals surface area contributed by atoms with Crippen molar-refractivity contribution in [3.63, 3.8) is 0 Å². The number of H-pyrrole nitrogens is 1. The molecule has 0 aliphatic heterocycles. The lowest BCUT2D eigenvalue weighted by molar-refractivity contribution is 0.603. The molecule has 18 heavy (non-hydrogen) atoms. The highest BCUT2D eigenvalue weighted by Gasteiger charge is 2.20. The first-order valence-electron chi connectivity index (χ1n) is 4.66. The fraction of sp³-hybridized carbons (Fsp3) is 0.111. The number of hydrogen-bond donors (Lipinski definition) is 2. The van der Waals surface area contributed by atoms with Crippen molar-refractivity contribution in [1.82, 2.24) is 10.2 Å². The second kappa shape index (κ2) is 4.61. The first-order chi connectivity index (χ1) is 8.44. The van der Waals surface area contributed by atoms with Crippen LogP contribution < -0.4 is 4.72 Å². The summed E-state index contributed by atoms with van der Waals surface area (Å²) in [4.78, 5) is 0. The fourth-order valence-corrected chi connectivity index (χ4v) is 3.94. The van der Waals surface area contributed by atoms with Crippen molar-refractivity contribution in [2.24, 2.45) is 0 Å². The van der Waals surface area contributed by atoms with Crippen LogP contribution in [0.15, 0.2) is 16.5 Å². The Morgan fingerprint density at radius 3 is 2.89 bits per heavy atom. The van der Waals surface area contributed by atoms with Gasteiger partial charge in [-0.05, 0) is 18.6 Å². The average molecular weight is 303 g/mol. The van der Waals surface area contributed by atoms with Crippen molar-refractivity contribution in [2.45, 2.75) is 11.1 Å². The highest BCUT2D eigenvalue weighted by molar-refractivity contribution is 7.94. The quantitative estimate of drug-likeness (QED) is 0.907. The third kappa shape index (κ3) is 2.33. The van der Waals surface area contributed by atoms with E-state index < -0.39 is 10.0 Å². The highest BCUT2D eigenvalue weighted by Crippen LogP contribution is 2.31. The average Bonchev–Trinajstić information content (AvgIpc) is 2.86. The summed E-state index contributed by atoms with van der Waals surface area (Å²) in [5.41, 5.74) is 0.810. The van der Waals surface area contributed by atoms with E-state index in [9.17, 15) is 8.42 Å². The molecule has 94 valence electrons. The van der Waals surface area contributed by atoms with Gasteiger partial charge in [0, 0.05) is 0 Å². The molecule has 2 heterocycles. The van der Waals surface area contributed by atoms with Crippen LogP contribution in [0.4, 0.5) is 5.82 Å². The lowest BCUT2D eigenvalue weighted by Crippen LogP contribution is -2.12. The molecule has 0 unspecified atom stereocenters. The van der Waals surface area contributed by atoms with Gasteiger partial charge >= 0.3 is 0 Å². The van der Waals surface area contributed by atoms with E-state index in [1.54, 1.807) is 6.92 Å². The van der Waals surface area contributed by atoms with Crippen LogP contribution >= 0.6 is 22.9 Å². The van der Waals surface area contributed by atoms with E-state index in [1.807, 2.05) is 6.07 Å². The minimum atomic E-state index is -3.76. The van der Waals surface area contributed by atoms with Crippen molar-refractivity contribution in [3.8, 4) is 6.07 Å². The van der Waals surface area contributed by atoms with Gasteiger partial charge in [0.25, 0.3) is 10.0 Å². The number of sulfonamides is 1. The molecule has 6 nitrogen and oxygen atoms in total. The summed E-state index contributed by atoms with van der Waals surface area (Å²) in [5, 5.41) is 14.8. The third-order valence-corrected chi connectivity index (χ3v) is 5.47. The van der Waals surface area contributed by atoms with Gasteiger partial charge in [0.15, 0.2) is 5.82 Å². The molecule has 0 saturated heterocycles. The number of halogens is 1. The molecule has 0 aliphatic rings. The number of nitriles is 1. The monoisotopic (exact) mass is 302 g/mol. The molecule has 0 aliphatic carbocycles. The second-order valence-electron chi connectivity index (χ2n) is 3.40. The Bertz CT molecular complexity index is 707. The molecule has 0 amide bonds. The van der Waals surface area contributed by atoms with Crippen molar-refractivity contribution < 1.29 is 8.42 Å². The van der Waals surface area contributed by atoms with E-state index in [1.165, 1.54) is 12.3 Å². The molecule has 2 aromatic rings. The lowest BCUT2D eigenvalue weighted by atomic mass is 10.4. The lowest BCUT2D eigenvalue weighted by Gasteiger charge is -2.03. The number of aromatic nitrogens is 2. The third-order valence-electron chi connectivity index (χ3n) is 2.10. The molecule has 0 fully saturated rings. The molecular weight excluding hydrogens is 296 g/mol. The molecule has 2 rings (SSSR count).